The van der Waals surface area contributed by atoms with Crippen LogP contribution < -0.4 is 0 Å². The van der Waals surface area contributed by atoms with Gasteiger partial charge in [0, 0.05) is 6.42 Å². The highest BCUT2D eigenvalue weighted by Gasteiger charge is 2.11. The number of unbranched alkanes of at least 4 members (excludes halogenated alkanes) is 1. The van der Waals surface area contributed by atoms with Gasteiger partial charge in [-0.3, -0.25) is 4.79 Å². The van der Waals surface area contributed by atoms with Gasteiger partial charge in [-0.05, 0) is 31.4 Å². The minimum absolute atomic E-state index is 0.127. The van der Waals surface area contributed by atoms with Crippen LogP contribution in [0.2, 0.25) is 0 Å². The molecule has 0 amide bonds. The number of carbonyl (C=O) groups excluding carboxylic acids is 1. The van der Waals surface area contributed by atoms with E-state index < -0.39 is 0 Å². The lowest BCUT2D eigenvalue weighted by Crippen LogP contribution is -2.03. The summed E-state index contributed by atoms with van der Waals surface area (Å²) in [6.45, 7) is 5.24. The largest absolute Gasteiger partial charge is 0.294 e. The second kappa shape index (κ2) is 5.44. The van der Waals surface area contributed by atoms with E-state index >= 15 is 0 Å². The van der Waals surface area contributed by atoms with E-state index in [9.17, 15) is 9.18 Å². The molecule has 2 heteroatoms. The zero-order valence-corrected chi connectivity index (χ0v) is 8.92. The first-order valence-corrected chi connectivity index (χ1v) is 5.06. The molecular formula is C13H15FO. The highest BCUT2D eigenvalue weighted by atomic mass is 19.1. The number of carbonyl (C=O) groups is 1. The molecule has 0 saturated carbocycles. The predicted octanol–water partition coefficient (Wildman–Crippen LogP) is 3.67. The van der Waals surface area contributed by atoms with E-state index in [0.717, 1.165) is 12.8 Å². The van der Waals surface area contributed by atoms with Gasteiger partial charge in [-0.1, -0.05) is 18.2 Å². The predicted molar refractivity (Wildman–Crippen MR) is 59.5 cm³/mol. The maximum atomic E-state index is 13.5. The average molecular weight is 206 g/mol. The summed E-state index contributed by atoms with van der Waals surface area (Å²) in [6.07, 6.45) is 3.67. The Morgan fingerprint density at radius 3 is 2.93 bits per heavy atom. The van der Waals surface area contributed by atoms with Crippen molar-refractivity contribution in [3.8, 4) is 0 Å². The van der Waals surface area contributed by atoms with Crippen LogP contribution >= 0.6 is 0 Å². The molecule has 1 aromatic rings. The van der Waals surface area contributed by atoms with Gasteiger partial charge in [-0.15, -0.1) is 6.58 Å². The van der Waals surface area contributed by atoms with Crippen LogP contribution in [0, 0.1) is 12.7 Å². The standard InChI is InChI=1S/C13H15FO/c1-3-4-5-9-12(15)11-8-6-7-10(2)13(11)14/h3,6-8H,1,4-5,9H2,2H3. The van der Waals surface area contributed by atoms with Crippen LogP contribution in [0.4, 0.5) is 4.39 Å². The van der Waals surface area contributed by atoms with Gasteiger partial charge in [0.1, 0.15) is 5.82 Å². The Balaban J connectivity index is 2.73. The third kappa shape index (κ3) is 3.01. The van der Waals surface area contributed by atoms with Crippen LogP contribution in [-0.4, -0.2) is 5.78 Å². The van der Waals surface area contributed by atoms with Crippen LogP contribution in [0.25, 0.3) is 0 Å². The fourth-order valence-corrected chi connectivity index (χ4v) is 1.40. The van der Waals surface area contributed by atoms with Gasteiger partial charge in [0.2, 0.25) is 0 Å². The van der Waals surface area contributed by atoms with Crippen molar-refractivity contribution < 1.29 is 9.18 Å². The number of Topliss-reactive ketones (excluding diaryl/α,β-unsaturated/α-hetero) is 1. The van der Waals surface area contributed by atoms with Crippen LogP contribution in [0.1, 0.15) is 35.2 Å². The number of allylic oxidation sites excluding steroid dienone is 1. The Morgan fingerprint density at radius 2 is 2.27 bits per heavy atom. The Hall–Kier alpha value is -1.44. The third-order valence-corrected chi connectivity index (χ3v) is 2.30. The van der Waals surface area contributed by atoms with E-state index in [0.29, 0.717) is 12.0 Å². The number of benzene rings is 1. The summed E-state index contributed by atoms with van der Waals surface area (Å²) in [5.74, 6) is -0.515. The minimum atomic E-state index is -0.388. The molecule has 1 rings (SSSR count). The Bertz CT molecular complexity index is 369. The summed E-state index contributed by atoms with van der Waals surface area (Å²) in [5.41, 5.74) is 0.726. The third-order valence-electron chi connectivity index (χ3n) is 2.30. The molecule has 1 nitrogen and oxygen atoms in total. The first-order valence-electron chi connectivity index (χ1n) is 5.06. The van der Waals surface area contributed by atoms with E-state index in [1.165, 1.54) is 0 Å². The molecular weight excluding hydrogens is 191 g/mol. The van der Waals surface area contributed by atoms with Crippen molar-refractivity contribution in [1.82, 2.24) is 0 Å². The fourth-order valence-electron chi connectivity index (χ4n) is 1.40. The quantitative estimate of drug-likeness (QED) is 0.408. The van der Waals surface area contributed by atoms with Gasteiger partial charge in [0.05, 0.1) is 5.56 Å². The van der Waals surface area contributed by atoms with Crippen LogP contribution in [-0.2, 0) is 0 Å². The van der Waals surface area contributed by atoms with E-state index in [4.69, 9.17) is 0 Å². The van der Waals surface area contributed by atoms with Crippen molar-refractivity contribution in [2.75, 3.05) is 0 Å². The molecule has 0 saturated heterocycles. The highest BCUT2D eigenvalue weighted by molar-refractivity contribution is 5.96. The Labute approximate surface area is 89.6 Å². The fraction of sp³-hybridized carbons (Fsp3) is 0.308. The molecule has 80 valence electrons. The highest BCUT2D eigenvalue weighted by Crippen LogP contribution is 2.15. The summed E-state index contributed by atoms with van der Waals surface area (Å²) in [4.78, 5) is 11.6. The van der Waals surface area contributed by atoms with Crippen LogP contribution in [0.5, 0.6) is 0 Å². The van der Waals surface area contributed by atoms with Crippen molar-refractivity contribution >= 4 is 5.78 Å². The maximum Gasteiger partial charge on any atom is 0.165 e. The molecule has 0 aromatic heterocycles. The molecule has 0 N–H and O–H groups in total. The lowest BCUT2D eigenvalue weighted by Gasteiger charge is -2.03. The molecule has 0 heterocycles. The number of aryl methyl sites for hydroxylation is 1. The Morgan fingerprint density at radius 1 is 1.53 bits per heavy atom. The molecule has 0 aliphatic carbocycles. The van der Waals surface area contributed by atoms with Crippen molar-refractivity contribution in [3.63, 3.8) is 0 Å². The van der Waals surface area contributed by atoms with E-state index in [-0.39, 0.29) is 17.2 Å². The molecule has 0 radical (unpaired) electrons. The molecule has 1 aromatic carbocycles. The summed E-state index contributed by atoms with van der Waals surface area (Å²) in [6, 6.07) is 4.91. The van der Waals surface area contributed by atoms with E-state index in [1.807, 2.05) is 0 Å². The second-order valence-corrected chi connectivity index (χ2v) is 3.54. The SMILES string of the molecule is C=CCCCC(=O)c1cccc(C)c1F. The summed E-state index contributed by atoms with van der Waals surface area (Å²) < 4.78 is 13.5. The molecule has 0 bridgehead atoms. The van der Waals surface area contributed by atoms with Crippen LogP contribution in [0.3, 0.4) is 0 Å². The van der Waals surface area contributed by atoms with Gasteiger partial charge >= 0.3 is 0 Å². The molecule has 0 fully saturated rings. The number of halogens is 1. The maximum absolute atomic E-state index is 13.5. The number of ketones is 1. The van der Waals surface area contributed by atoms with Gasteiger partial charge in [0.25, 0.3) is 0 Å². The zero-order valence-electron chi connectivity index (χ0n) is 8.92. The first-order chi connectivity index (χ1) is 7.16. The lowest BCUT2D eigenvalue weighted by atomic mass is 10.0. The number of hydrogen-bond acceptors (Lipinski definition) is 1. The first kappa shape index (κ1) is 11.6. The Kier molecular flexibility index (Phi) is 4.22. The molecule has 0 aliphatic rings. The lowest BCUT2D eigenvalue weighted by molar-refractivity contribution is 0.0976. The van der Waals surface area contributed by atoms with E-state index in [2.05, 4.69) is 6.58 Å². The van der Waals surface area contributed by atoms with Crippen molar-refractivity contribution in [2.45, 2.75) is 26.2 Å². The molecule has 0 atom stereocenters. The average Bonchev–Trinajstić information content (AvgIpc) is 2.22. The summed E-state index contributed by atoms with van der Waals surface area (Å²) >= 11 is 0. The van der Waals surface area contributed by atoms with E-state index in [1.54, 1.807) is 31.2 Å². The zero-order chi connectivity index (χ0) is 11.3. The second-order valence-electron chi connectivity index (χ2n) is 3.54. The van der Waals surface area contributed by atoms with Gasteiger partial charge in [0.15, 0.2) is 5.78 Å². The van der Waals surface area contributed by atoms with Gasteiger partial charge in [-0.2, -0.15) is 0 Å². The van der Waals surface area contributed by atoms with Crippen molar-refractivity contribution in [3.05, 3.63) is 47.8 Å². The molecule has 0 aliphatic heterocycles. The topological polar surface area (TPSA) is 17.1 Å². The normalized spacial score (nSPS) is 10.0. The van der Waals surface area contributed by atoms with Gasteiger partial charge < -0.3 is 0 Å². The molecule has 0 spiro atoms. The number of rotatable bonds is 5. The smallest absolute Gasteiger partial charge is 0.165 e. The molecule has 15 heavy (non-hydrogen) atoms. The monoisotopic (exact) mass is 206 g/mol. The van der Waals surface area contributed by atoms with Crippen LogP contribution in [0.15, 0.2) is 30.9 Å². The van der Waals surface area contributed by atoms with Gasteiger partial charge in [-0.25, -0.2) is 4.39 Å². The van der Waals surface area contributed by atoms with Crippen molar-refractivity contribution in [2.24, 2.45) is 0 Å². The molecule has 0 unspecified atom stereocenters. The van der Waals surface area contributed by atoms with Crippen molar-refractivity contribution in [1.29, 1.82) is 0 Å². The minimum Gasteiger partial charge on any atom is -0.294 e. The summed E-state index contributed by atoms with van der Waals surface area (Å²) in [5, 5.41) is 0. The number of hydrogen-bond donors (Lipinski definition) is 0. The summed E-state index contributed by atoms with van der Waals surface area (Å²) in [7, 11) is 0.